The first-order valence-corrected chi connectivity index (χ1v) is 8.85. The van der Waals surface area contributed by atoms with Gasteiger partial charge in [-0.2, -0.15) is 0 Å². The first-order chi connectivity index (χ1) is 12.0. The van der Waals surface area contributed by atoms with Gasteiger partial charge in [-0.25, -0.2) is 9.97 Å². The lowest BCUT2D eigenvalue weighted by molar-refractivity contribution is -0.131. The number of carbonyl (C=O) groups excluding carboxylic acids is 1. The second-order valence-corrected chi connectivity index (χ2v) is 6.99. The number of aryl methyl sites for hydroxylation is 1. The van der Waals surface area contributed by atoms with Crippen molar-refractivity contribution in [3.63, 3.8) is 0 Å². The Morgan fingerprint density at radius 2 is 2.08 bits per heavy atom. The molecule has 0 unspecified atom stereocenters. The van der Waals surface area contributed by atoms with Crippen LogP contribution in [0, 0.1) is 6.92 Å². The summed E-state index contributed by atoms with van der Waals surface area (Å²) in [5, 5.41) is 0. The second kappa shape index (κ2) is 7.74. The largest absolute Gasteiger partial charge is 0.332 e. The highest BCUT2D eigenvalue weighted by molar-refractivity contribution is 5.79. The molecule has 1 fully saturated rings. The van der Waals surface area contributed by atoms with E-state index in [1.165, 1.54) is 0 Å². The standard InChI is InChI=1S/C20H26N4O/c1-15-7-4-5-8-16(15)13-19(25)24-12-6-9-18(24)20-21-11-10-17(22-20)14-23(2)3/h4-5,7-8,10-11,18H,6,9,12-14H2,1-3H3/t18-/m1/s1. The quantitative estimate of drug-likeness (QED) is 0.841. The summed E-state index contributed by atoms with van der Waals surface area (Å²) in [6, 6.07) is 10.0. The fraction of sp³-hybridized carbons (Fsp3) is 0.450. The number of hydrogen-bond donors (Lipinski definition) is 0. The normalized spacial score (nSPS) is 17.3. The molecule has 1 saturated heterocycles. The second-order valence-electron chi connectivity index (χ2n) is 6.99. The molecule has 0 saturated carbocycles. The molecule has 1 aliphatic rings. The predicted molar refractivity (Wildman–Crippen MR) is 98.0 cm³/mol. The number of amides is 1. The van der Waals surface area contributed by atoms with E-state index in [4.69, 9.17) is 4.98 Å². The zero-order chi connectivity index (χ0) is 17.8. The van der Waals surface area contributed by atoms with Crippen molar-refractivity contribution in [3.05, 3.63) is 59.2 Å². The van der Waals surface area contributed by atoms with Gasteiger partial charge in [0.25, 0.3) is 0 Å². The summed E-state index contributed by atoms with van der Waals surface area (Å²) in [7, 11) is 4.05. The smallest absolute Gasteiger partial charge is 0.227 e. The van der Waals surface area contributed by atoms with Crippen LogP contribution < -0.4 is 0 Å². The van der Waals surface area contributed by atoms with Crippen molar-refractivity contribution in [2.45, 2.75) is 38.8 Å². The van der Waals surface area contributed by atoms with Gasteiger partial charge in [0.2, 0.25) is 5.91 Å². The lowest BCUT2D eigenvalue weighted by Crippen LogP contribution is -2.33. The Balaban J connectivity index is 1.76. The predicted octanol–water partition coefficient (Wildman–Crippen LogP) is 2.75. The van der Waals surface area contributed by atoms with Crippen molar-refractivity contribution in [1.82, 2.24) is 19.8 Å². The van der Waals surface area contributed by atoms with Crippen molar-refractivity contribution < 1.29 is 4.79 Å². The zero-order valence-corrected chi connectivity index (χ0v) is 15.3. The van der Waals surface area contributed by atoms with Crippen LogP contribution in [0.4, 0.5) is 0 Å². The molecular weight excluding hydrogens is 312 g/mol. The van der Waals surface area contributed by atoms with Crippen LogP contribution in [0.5, 0.6) is 0 Å². The molecule has 2 heterocycles. The maximum absolute atomic E-state index is 12.9. The fourth-order valence-corrected chi connectivity index (χ4v) is 3.39. The molecule has 1 atom stereocenters. The molecule has 0 radical (unpaired) electrons. The number of nitrogens with zero attached hydrogens (tertiary/aromatic N) is 4. The number of hydrogen-bond acceptors (Lipinski definition) is 4. The Hall–Kier alpha value is -2.27. The van der Waals surface area contributed by atoms with Gasteiger partial charge in [-0.1, -0.05) is 24.3 Å². The molecular formula is C20H26N4O. The first kappa shape index (κ1) is 17.5. The highest BCUT2D eigenvalue weighted by Gasteiger charge is 2.32. The van der Waals surface area contributed by atoms with Crippen LogP contribution in [0.15, 0.2) is 36.5 Å². The Morgan fingerprint density at radius 1 is 1.28 bits per heavy atom. The summed E-state index contributed by atoms with van der Waals surface area (Å²) in [6.45, 7) is 3.62. The maximum Gasteiger partial charge on any atom is 0.227 e. The summed E-state index contributed by atoms with van der Waals surface area (Å²) in [5.41, 5.74) is 3.25. The average Bonchev–Trinajstić information content (AvgIpc) is 3.06. The Labute approximate surface area is 149 Å². The maximum atomic E-state index is 12.9. The molecule has 1 amide bonds. The third kappa shape index (κ3) is 4.23. The van der Waals surface area contributed by atoms with Gasteiger partial charge in [0.05, 0.1) is 18.2 Å². The topological polar surface area (TPSA) is 49.3 Å². The van der Waals surface area contributed by atoms with E-state index in [-0.39, 0.29) is 11.9 Å². The van der Waals surface area contributed by atoms with Crippen molar-refractivity contribution in [2.24, 2.45) is 0 Å². The molecule has 0 spiro atoms. The third-order valence-corrected chi connectivity index (χ3v) is 4.68. The molecule has 0 N–H and O–H groups in total. The van der Waals surface area contributed by atoms with Gasteiger partial charge in [0.1, 0.15) is 0 Å². The van der Waals surface area contributed by atoms with Crippen LogP contribution in [0.1, 0.15) is 41.5 Å². The first-order valence-electron chi connectivity index (χ1n) is 8.85. The van der Waals surface area contributed by atoms with E-state index in [1.54, 1.807) is 0 Å². The monoisotopic (exact) mass is 338 g/mol. The van der Waals surface area contributed by atoms with Gasteiger partial charge in [-0.15, -0.1) is 0 Å². The van der Waals surface area contributed by atoms with Crippen LogP contribution >= 0.6 is 0 Å². The number of carbonyl (C=O) groups is 1. The summed E-state index contributed by atoms with van der Waals surface area (Å²) >= 11 is 0. The lowest BCUT2D eigenvalue weighted by Gasteiger charge is -2.24. The van der Waals surface area contributed by atoms with E-state index < -0.39 is 0 Å². The average molecular weight is 338 g/mol. The number of aromatic nitrogens is 2. The SMILES string of the molecule is Cc1ccccc1CC(=O)N1CCC[C@@H]1c1nccc(CN(C)C)n1. The Morgan fingerprint density at radius 3 is 2.84 bits per heavy atom. The Kier molecular flexibility index (Phi) is 5.43. The minimum Gasteiger partial charge on any atom is -0.332 e. The van der Waals surface area contributed by atoms with Crippen LogP contribution in [0.2, 0.25) is 0 Å². The minimum atomic E-state index is -0.00127. The van der Waals surface area contributed by atoms with Crippen molar-refractivity contribution >= 4 is 5.91 Å². The van der Waals surface area contributed by atoms with E-state index in [1.807, 2.05) is 49.5 Å². The van der Waals surface area contributed by atoms with Gasteiger partial charge in [-0.05, 0) is 51.1 Å². The van der Waals surface area contributed by atoms with Gasteiger partial charge < -0.3 is 9.80 Å². The van der Waals surface area contributed by atoms with Crippen LogP contribution in [0.25, 0.3) is 0 Å². The molecule has 1 aromatic heterocycles. The molecule has 5 nitrogen and oxygen atoms in total. The molecule has 0 aliphatic carbocycles. The van der Waals surface area contributed by atoms with Crippen LogP contribution in [-0.4, -0.2) is 46.3 Å². The number of benzene rings is 1. The highest BCUT2D eigenvalue weighted by atomic mass is 16.2. The number of likely N-dealkylation sites (tertiary alicyclic amines) is 1. The molecule has 5 heteroatoms. The molecule has 1 aliphatic heterocycles. The fourth-order valence-electron chi connectivity index (χ4n) is 3.39. The molecule has 2 aromatic rings. The lowest BCUT2D eigenvalue weighted by atomic mass is 10.0. The molecule has 0 bridgehead atoms. The molecule has 132 valence electrons. The van der Waals surface area contributed by atoms with Crippen molar-refractivity contribution in [3.8, 4) is 0 Å². The molecule has 1 aromatic carbocycles. The van der Waals surface area contributed by atoms with Crippen LogP contribution in [-0.2, 0) is 17.8 Å². The van der Waals surface area contributed by atoms with Gasteiger partial charge >= 0.3 is 0 Å². The molecule has 25 heavy (non-hydrogen) atoms. The Bertz CT molecular complexity index is 744. The third-order valence-electron chi connectivity index (χ3n) is 4.68. The number of rotatable bonds is 5. The van der Waals surface area contributed by atoms with Gasteiger partial charge in [0, 0.05) is 19.3 Å². The minimum absolute atomic E-state index is 0.00127. The van der Waals surface area contributed by atoms with E-state index in [0.29, 0.717) is 6.42 Å². The van der Waals surface area contributed by atoms with Gasteiger partial charge in [-0.3, -0.25) is 4.79 Å². The van der Waals surface area contributed by atoms with E-state index >= 15 is 0 Å². The van der Waals surface area contributed by atoms with E-state index in [0.717, 1.165) is 48.6 Å². The highest BCUT2D eigenvalue weighted by Crippen LogP contribution is 2.30. The van der Waals surface area contributed by atoms with Crippen molar-refractivity contribution in [2.75, 3.05) is 20.6 Å². The summed E-state index contributed by atoms with van der Waals surface area (Å²) in [5.74, 6) is 0.938. The van der Waals surface area contributed by atoms with Gasteiger partial charge in [0.15, 0.2) is 5.82 Å². The van der Waals surface area contributed by atoms with Crippen molar-refractivity contribution in [1.29, 1.82) is 0 Å². The van der Waals surface area contributed by atoms with Crippen LogP contribution in [0.3, 0.4) is 0 Å². The van der Waals surface area contributed by atoms with E-state index in [2.05, 4.69) is 22.9 Å². The summed E-state index contributed by atoms with van der Waals surface area (Å²) in [4.78, 5) is 26.1. The van der Waals surface area contributed by atoms with E-state index in [9.17, 15) is 4.79 Å². The summed E-state index contributed by atoms with van der Waals surface area (Å²) in [6.07, 6.45) is 4.19. The zero-order valence-electron chi connectivity index (χ0n) is 15.3. The summed E-state index contributed by atoms with van der Waals surface area (Å²) < 4.78 is 0. The molecule has 3 rings (SSSR count).